The van der Waals surface area contributed by atoms with Crippen LogP contribution in [-0.4, -0.2) is 19.1 Å². The second-order valence-corrected chi connectivity index (χ2v) is 4.37. The van der Waals surface area contributed by atoms with Gasteiger partial charge in [-0.25, -0.2) is 4.98 Å². The van der Waals surface area contributed by atoms with Gasteiger partial charge in [-0.1, -0.05) is 12.1 Å². The number of benzene rings is 1. The van der Waals surface area contributed by atoms with Crippen LogP contribution in [0.2, 0.25) is 0 Å². The van der Waals surface area contributed by atoms with Gasteiger partial charge in [0.1, 0.15) is 0 Å². The Morgan fingerprint density at radius 1 is 1.19 bits per heavy atom. The minimum Gasteiger partial charge on any atom is -0.399 e. The fourth-order valence-electron chi connectivity index (χ4n) is 1.26. The van der Waals surface area contributed by atoms with Crippen molar-refractivity contribution in [3.8, 4) is 11.3 Å². The standard InChI is InChI=1S/C11H13N3S.Fe/c1-14(2)11-13-10(7-15-11)8-3-5-9(12)6-4-8;/h3-7H,12H2,1-2H3;. The van der Waals surface area contributed by atoms with Crippen molar-refractivity contribution in [1.82, 2.24) is 4.98 Å². The molecule has 0 atom stereocenters. The van der Waals surface area contributed by atoms with E-state index in [9.17, 15) is 0 Å². The van der Waals surface area contributed by atoms with Crippen LogP contribution in [0.25, 0.3) is 11.3 Å². The van der Waals surface area contributed by atoms with Gasteiger partial charge in [-0.15, -0.1) is 11.3 Å². The van der Waals surface area contributed by atoms with E-state index in [0.29, 0.717) is 0 Å². The first-order chi connectivity index (χ1) is 7.16. The summed E-state index contributed by atoms with van der Waals surface area (Å²) in [5, 5.41) is 3.07. The van der Waals surface area contributed by atoms with Gasteiger partial charge < -0.3 is 10.6 Å². The maximum absolute atomic E-state index is 5.63. The van der Waals surface area contributed by atoms with Crippen molar-refractivity contribution in [1.29, 1.82) is 0 Å². The number of rotatable bonds is 2. The van der Waals surface area contributed by atoms with Crippen LogP contribution in [0.3, 0.4) is 0 Å². The van der Waals surface area contributed by atoms with Crippen molar-refractivity contribution < 1.29 is 17.1 Å². The summed E-state index contributed by atoms with van der Waals surface area (Å²) >= 11 is 1.64. The second kappa shape index (κ2) is 5.34. The van der Waals surface area contributed by atoms with Gasteiger partial charge in [0.05, 0.1) is 5.69 Å². The molecule has 5 heteroatoms. The third kappa shape index (κ3) is 2.76. The quantitative estimate of drug-likeness (QED) is 0.676. The van der Waals surface area contributed by atoms with Crippen LogP contribution in [0, 0.1) is 0 Å². The van der Waals surface area contributed by atoms with Gasteiger partial charge in [0.15, 0.2) is 5.13 Å². The Labute approximate surface area is 110 Å². The smallest absolute Gasteiger partial charge is 0.185 e. The predicted molar refractivity (Wildman–Crippen MR) is 66.3 cm³/mol. The predicted octanol–water partition coefficient (Wildman–Crippen LogP) is 2.46. The van der Waals surface area contributed by atoms with Crippen molar-refractivity contribution in [3.05, 3.63) is 29.6 Å². The first-order valence-corrected chi connectivity index (χ1v) is 5.53. The van der Waals surface area contributed by atoms with Crippen LogP contribution in [0.15, 0.2) is 29.6 Å². The average Bonchev–Trinajstić information content (AvgIpc) is 2.68. The Balaban J connectivity index is 0.00000128. The molecule has 1 aromatic heterocycles. The van der Waals surface area contributed by atoms with Crippen LogP contribution >= 0.6 is 11.3 Å². The fourth-order valence-corrected chi connectivity index (χ4v) is 2.02. The molecular weight excluding hydrogens is 262 g/mol. The number of thiazole rings is 1. The summed E-state index contributed by atoms with van der Waals surface area (Å²) in [4.78, 5) is 6.52. The maximum atomic E-state index is 5.63. The van der Waals surface area contributed by atoms with E-state index < -0.39 is 0 Å². The van der Waals surface area contributed by atoms with Crippen molar-refractivity contribution in [2.45, 2.75) is 0 Å². The normalized spacial score (nSPS) is 9.62. The molecule has 0 radical (unpaired) electrons. The van der Waals surface area contributed by atoms with E-state index in [1.165, 1.54) is 0 Å². The Kier molecular flexibility index (Phi) is 4.35. The van der Waals surface area contributed by atoms with Gasteiger partial charge in [-0.2, -0.15) is 0 Å². The molecule has 1 heterocycles. The molecule has 0 saturated heterocycles. The number of nitrogens with zero attached hydrogens (tertiary/aromatic N) is 2. The van der Waals surface area contributed by atoms with Gasteiger partial charge in [0, 0.05) is 47.8 Å². The molecule has 2 aromatic rings. The molecule has 0 spiro atoms. The summed E-state index contributed by atoms with van der Waals surface area (Å²) in [5.41, 5.74) is 8.52. The van der Waals surface area contributed by atoms with Gasteiger partial charge in [0.25, 0.3) is 0 Å². The molecule has 0 unspecified atom stereocenters. The molecule has 86 valence electrons. The zero-order chi connectivity index (χ0) is 10.8. The molecule has 0 aliphatic carbocycles. The Bertz CT molecular complexity index is 451. The van der Waals surface area contributed by atoms with Crippen LogP contribution in [0.1, 0.15) is 0 Å². The molecule has 0 aliphatic heterocycles. The zero-order valence-electron chi connectivity index (χ0n) is 9.12. The van der Waals surface area contributed by atoms with E-state index in [1.807, 2.05) is 43.3 Å². The number of hydrogen-bond acceptors (Lipinski definition) is 4. The van der Waals surface area contributed by atoms with Crippen LogP contribution < -0.4 is 10.6 Å². The summed E-state index contributed by atoms with van der Waals surface area (Å²) in [7, 11) is 3.98. The SMILES string of the molecule is CN(C)c1nc(-c2ccc(N)cc2)cs1.[Fe]. The maximum Gasteiger partial charge on any atom is 0.185 e. The summed E-state index contributed by atoms with van der Waals surface area (Å²) in [6, 6.07) is 7.77. The van der Waals surface area contributed by atoms with Gasteiger partial charge in [-0.05, 0) is 12.1 Å². The average molecular weight is 275 g/mol. The second-order valence-electron chi connectivity index (χ2n) is 3.53. The molecule has 3 nitrogen and oxygen atoms in total. The van der Waals surface area contributed by atoms with Crippen LogP contribution in [-0.2, 0) is 17.1 Å². The minimum absolute atomic E-state index is 0. The van der Waals surface area contributed by atoms with E-state index in [-0.39, 0.29) is 17.1 Å². The number of nitrogen functional groups attached to an aromatic ring is 1. The molecule has 0 saturated carbocycles. The third-order valence-electron chi connectivity index (χ3n) is 2.08. The first-order valence-electron chi connectivity index (χ1n) is 4.65. The Morgan fingerprint density at radius 3 is 2.31 bits per heavy atom. The van der Waals surface area contributed by atoms with Crippen molar-refractivity contribution >= 4 is 22.2 Å². The topological polar surface area (TPSA) is 42.2 Å². The first kappa shape index (κ1) is 13.0. The molecule has 2 N–H and O–H groups in total. The number of hydrogen-bond donors (Lipinski definition) is 1. The van der Waals surface area contributed by atoms with Gasteiger partial charge >= 0.3 is 0 Å². The number of aromatic nitrogens is 1. The molecule has 16 heavy (non-hydrogen) atoms. The molecule has 0 amide bonds. The summed E-state index contributed by atoms with van der Waals surface area (Å²) in [6.45, 7) is 0. The monoisotopic (exact) mass is 275 g/mol. The molecule has 0 aliphatic rings. The van der Waals surface area contributed by atoms with Crippen molar-refractivity contribution in [2.24, 2.45) is 0 Å². The van der Waals surface area contributed by atoms with E-state index in [2.05, 4.69) is 10.4 Å². The van der Waals surface area contributed by atoms with Crippen LogP contribution in [0.4, 0.5) is 10.8 Å². The Hall–Kier alpha value is -1.03. The summed E-state index contributed by atoms with van der Waals surface area (Å²) in [6.07, 6.45) is 0. The van der Waals surface area contributed by atoms with Gasteiger partial charge in [0.2, 0.25) is 0 Å². The third-order valence-corrected chi connectivity index (χ3v) is 3.09. The zero-order valence-corrected chi connectivity index (χ0v) is 11.0. The molecule has 0 fully saturated rings. The van der Waals surface area contributed by atoms with Gasteiger partial charge in [-0.3, -0.25) is 0 Å². The summed E-state index contributed by atoms with van der Waals surface area (Å²) < 4.78 is 0. The number of anilines is 2. The molecule has 1 aromatic carbocycles. The van der Waals surface area contributed by atoms with Crippen molar-refractivity contribution in [2.75, 3.05) is 24.7 Å². The Morgan fingerprint density at radius 2 is 1.81 bits per heavy atom. The van der Waals surface area contributed by atoms with Crippen LogP contribution in [0.5, 0.6) is 0 Å². The van der Waals surface area contributed by atoms with E-state index in [4.69, 9.17) is 5.73 Å². The van der Waals surface area contributed by atoms with E-state index in [0.717, 1.165) is 22.1 Å². The largest absolute Gasteiger partial charge is 0.399 e. The van der Waals surface area contributed by atoms with E-state index >= 15 is 0 Å². The van der Waals surface area contributed by atoms with E-state index in [1.54, 1.807) is 11.3 Å². The molecule has 0 bridgehead atoms. The van der Waals surface area contributed by atoms with Crippen molar-refractivity contribution in [3.63, 3.8) is 0 Å². The fraction of sp³-hybridized carbons (Fsp3) is 0.182. The molecule has 2 rings (SSSR count). The number of nitrogens with two attached hydrogens (primary N) is 1. The molecular formula is C11H13FeN3S. The minimum atomic E-state index is 0. The summed E-state index contributed by atoms with van der Waals surface area (Å²) in [5.74, 6) is 0.